The first-order valence-electron chi connectivity index (χ1n) is 13.0. The van der Waals surface area contributed by atoms with E-state index in [1.165, 1.54) is 18.2 Å². The van der Waals surface area contributed by atoms with Crippen LogP contribution in [0.5, 0.6) is 0 Å². The summed E-state index contributed by atoms with van der Waals surface area (Å²) in [4.78, 5) is 12.8. The highest BCUT2D eigenvalue weighted by Gasteiger charge is 2.43. The Balaban J connectivity index is 1.23. The predicted octanol–water partition coefficient (Wildman–Crippen LogP) is 4.69. The van der Waals surface area contributed by atoms with E-state index in [0.717, 1.165) is 23.6 Å². The lowest BCUT2D eigenvalue weighted by Crippen LogP contribution is -2.42. The Labute approximate surface area is 220 Å². The van der Waals surface area contributed by atoms with Crippen LogP contribution in [-0.4, -0.2) is 49.6 Å². The monoisotopic (exact) mass is 545 g/mol. The summed E-state index contributed by atoms with van der Waals surface area (Å²) in [7, 11) is -3.90. The van der Waals surface area contributed by atoms with Gasteiger partial charge in [0.05, 0.1) is 22.9 Å². The molecule has 3 fully saturated rings. The molecule has 0 spiro atoms. The molecule has 0 aromatic heterocycles. The molecule has 1 saturated carbocycles. The molecule has 3 aliphatic rings. The zero-order valence-corrected chi connectivity index (χ0v) is 21.7. The highest BCUT2D eigenvalue weighted by molar-refractivity contribution is 7.89. The smallest absolute Gasteiger partial charge is 0.250 e. The van der Waals surface area contributed by atoms with Gasteiger partial charge in [-0.15, -0.1) is 0 Å². The molecule has 10 heteroatoms. The highest BCUT2D eigenvalue weighted by Crippen LogP contribution is 2.36. The first-order chi connectivity index (χ1) is 18.1. The molecule has 202 valence electrons. The third-order valence-corrected chi connectivity index (χ3v) is 10.0. The third-order valence-electron chi connectivity index (χ3n) is 8.14. The maximum atomic E-state index is 15.0. The van der Waals surface area contributed by atoms with E-state index in [9.17, 15) is 31.6 Å². The molecule has 0 unspecified atom stereocenters. The lowest BCUT2D eigenvalue weighted by molar-refractivity contribution is -0.122. The molecule has 5 rings (SSSR count). The molecule has 0 amide bonds. The van der Waals surface area contributed by atoms with Gasteiger partial charge >= 0.3 is 0 Å². The number of alkyl halides is 2. The standard InChI is InChI=1S/C28H30F3N3O3S/c29-25-16-20(19-4-7-24(8-5-19)38(36,37)34-11-9-28(30,31)10-12-34)1-2-21(25)13-18(17-32)14-26(35)27-22-3-6-23(15-22)33-27/h1-2,4-5,7-8,16,18,22-23,27,33H,3,6,9-15H2/t18-,22+,23-,27+/m1/s1. The van der Waals surface area contributed by atoms with Gasteiger partial charge in [0.1, 0.15) is 5.82 Å². The fourth-order valence-corrected chi connectivity index (χ4v) is 7.37. The summed E-state index contributed by atoms with van der Waals surface area (Å²) in [6.07, 6.45) is 2.33. The average molecular weight is 546 g/mol. The number of sulfonamides is 1. The Hall–Kier alpha value is -2.74. The molecule has 2 aromatic rings. The van der Waals surface area contributed by atoms with Gasteiger partial charge in [0, 0.05) is 38.4 Å². The minimum absolute atomic E-state index is 0.00457. The zero-order valence-electron chi connectivity index (χ0n) is 20.9. The average Bonchev–Trinajstić information content (AvgIpc) is 3.53. The molecule has 0 radical (unpaired) electrons. The van der Waals surface area contributed by atoms with Crippen LogP contribution in [0.4, 0.5) is 13.2 Å². The van der Waals surface area contributed by atoms with Gasteiger partial charge in [0.15, 0.2) is 5.78 Å². The van der Waals surface area contributed by atoms with Crippen LogP contribution in [0.1, 0.15) is 44.1 Å². The number of carbonyl (C=O) groups is 1. The van der Waals surface area contributed by atoms with Gasteiger partial charge in [-0.05, 0) is 66.5 Å². The van der Waals surface area contributed by atoms with Crippen LogP contribution in [0.25, 0.3) is 11.1 Å². The summed E-state index contributed by atoms with van der Waals surface area (Å²) in [5.74, 6) is -3.60. The van der Waals surface area contributed by atoms with Crippen LogP contribution in [0.15, 0.2) is 47.4 Å². The molecule has 38 heavy (non-hydrogen) atoms. The Kier molecular flexibility index (Phi) is 7.37. The number of hydrogen-bond acceptors (Lipinski definition) is 5. The minimum Gasteiger partial charge on any atom is -0.304 e. The minimum atomic E-state index is -3.90. The van der Waals surface area contributed by atoms with Crippen molar-refractivity contribution in [1.29, 1.82) is 5.26 Å². The number of ketones is 1. The van der Waals surface area contributed by atoms with Crippen LogP contribution in [0.2, 0.25) is 0 Å². The van der Waals surface area contributed by atoms with Gasteiger partial charge in [-0.2, -0.15) is 9.57 Å². The van der Waals surface area contributed by atoms with E-state index in [-0.39, 0.29) is 42.7 Å². The fraction of sp³-hybridized carbons (Fsp3) is 0.500. The van der Waals surface area contributed by atoms with E-state index in [1.54, 1.807) is 24.3 Å². The molecule has 1 aliphatic carbocycles. The molecule has 2 saturated heterocycles. The van der Waals surface area contributed by atoms with Gasteiger partial charge in [0.2, 0.25) is 10.0 Å². The summed E-state index contributed by atoms with van der Waals surface area (Å²) in [5.41, 5.74) is 1.47. The molecule has 2 bridgehead atoms. The van der Waals surface area contributed by atoms with E-state index in [0.29, 0.717) is 28.7 Å². The van der Waals surface area contributed by atoms with Crippen LogP contribution >= 0.6 is 0 Å². The van der Waals surface area contributed by atoms with E-state index < -0.39 is 40.5 Å². The molecule has 2 aromatic carbocycles. The largest absolute Gasteiger partial charge is 0.304 e. The molecule has 4 atom stereocenters. The van der Waals surface area contributed by atoms with Crippen LogP contribution in [0.3, 0.4) is 0 Å². The molecule has 2 aliphatic heterocycles. The van der Waals surface area contributed by atoms with Crippen molar-refractivity contribution in [1.82, 2.24) is 9.62 Å². The van der Waals surface area contributed by atoms with E-state index in [2.05, 4.69) is 11.4 Å². The van der Waals surface area contributed by atoms with Gasteiger partial charge in [-0.1, -0.05) is 24.3 Å². The second-order valence-corrected chi connectivity index (χ2v) is 12.6. The number of Topliss-reactive ketones (excluding diaryl/α,β-unsaturated/α-hetero) is 1. The number of rotatable bonds is 8. The Morgan fingerprint density at radius 1 is 1.11 bits per heavy atom. The lowest BCUT2D eigenvalue weighted by atomic mass is 9.88. The Morgan fingerprint density at radius 3 is 2.37 bits per heavy atom. The van der Waals surface area contributed by atoms with Crippen LogP contribution in [0, 0.1) is 29.0 Å². The van der Waals surface area contributed by atoms with Crippen molar-refractivity contribution in [3.8, 4) is 17.2 Å². The number of benzene rings is 2. The molecular weight excluding hydrogens is 515 g/mol. The summed E-state index contributed by atoms with van der Waals surface area (Å²) in [5, 5.41) is 13.0. The van der Waals surface area contributed by atoms with Crippen molar-refractivity contribution in [3.05, 3.63) is 53.8 Å². The summed E-state index contributed by atoms with van der Waals surface area (Å²) in [6.45, 7) is -0.478. The van der Waals surface area contributed by atoms with Crippen molar-refractivity contribution < 1.29 is 26.4 Å². The van der Waals surface area contributed by atoms with Crippen molar-refractivity contribution in [2.75, 3.05) is 13.1 Å². The summed E-state index contributed by atoms with van der Waals surface area (Å²) in [6, 6.07) is 12.9. The topological polar surface area (TPSA) is 90.3 Å². The van der Waals surface area contributed by atoms with Crippen molar-refractivity contribution in [2.24, 2.45) is 11.8 Å². The maximum absolute atomic E-state index is 15.0. The van der Waals surface area contributed by atoms with Crippen molar-refractivity contribution in [2.45, 2.75) is 67.8 Å². The van der Waals surface area contributed by atoms with Crippen molar-refractivity contribution in [3.63, 3.8) is 0 Å². The number of nitrogens with one attached hydrogen (secondary N) is 1. The van der Waals surface area contributed by atoms with E-state index >= 15 is 0 Å². The number of hydrogen-bond donors (Lipinski definition) is 1. The van der Waals surface area contributed by atoms with Gasteiger partial charge in [0.25, 0.3) is 5.92 Å². The Morgan fingerprint density at radius 2 is 1.79 bits per heavy atom. The Bertz CT molecular complexity index is 1350. The van der Waals surface area contributed by atoms with Gasteiger partial charge in [-0.3, -0.25) is 4.79 Å². The normalized spacial score (nSPS) is 25.7. The lowest BCUT2D eigenvalue weighted by Gasteiger charge is -2.30. The number of piperidine rings is 2. The SMILES string of the molecule is N#C[C@@H](CC(=O)[C@H]1N[C@@H]2CC[C@H]1C2)Cc1ccc(-c2ccc(S(=O)(=O)N3CCC(F)(F)CC3)cc2)cc1F. The third kappa shape index (κ3) is 5.51. The first kappa shape index (κ1) is 26.9. The number of fused-ring (bicyclic) bond motifs is 2. The van der Waals surface area contributed by atoms with E-state index in [4.69, 9.17) is 0 Å². The molecular formula is C28H30F3N3O3S. The first-order valence-corrected chi connectivity index (χ1v) is 14.4. The molecule has 1 N–H and O–H groups in total. The highest BCUT2D eigenvalue weighted by atomic mass is 32.2. The fourth-order valence-electron chi connectivity index (χ4n) is 5.93. The predicted molar refractivity (Wildman–Crippen MR) is 135 cm³/mol. The van der Waals surface area contributed by atoms with E-state index in [1.807, 2.05) is 0 Å². The number of nitriles is 1. The van der Waals surface area contributed by atoms with Gasteiger partial charge in [-0.25, -0.2) is 21.6 Å². The van der Waals surface area contributed by atoms with Gasteiger partial charge < -0.3 is 5.32 Å². The number of halogens is 3. The summed E-state index contributed by atoms with van der Waals surface area (Å²) >= 11 is 0. The second-order valence-electron chi connectivity index (χ2n) is 10.7. The zero-order chi connectivity index (χ0) is 27.1. The molecule has 6 nitrogen and oxygen atoms in total. The van der Waals surface area contributed by atoms with Crippen molar-refractivity contribution >= 4 is 15.8 Å². The second kappa shape index (κ2) is 10.4. The quantitative estimate of drug-likeness (QED) is 0.520. The molecule has 2 heterocycles. The van der Waals surface area contributed by atoms with Crippen LogP contribution in [-0.2, 0) is 21.2 Å². The number of carbonyl (C=O) groups excluding carboxylic acids is 1. The summed E-state index contributed by atoms with van der Waals surface area (Å²) < 4.78 is 68.6. The van der Waals surface area contributed by atoms with Crippen LogP contribution < -0.4 is 5.32 Å². The number of nitrogens with zero attached hydrogens (tertiary/aromatic N) is 2. The maximum Gasteiger partial charge on any atom is 0.250 e.